The number of hydrogen-bond donors (Lipinski definition) is 1. The van der Waals surface area contributed by atoms with Crippen molar-refractivity contribution >= 4 is 5.91 Å². The third-order valence-electron chi connectivity index (χ3n) is 2.39. The summed E-state index contributed by atoms with van der Waals surface area (Å²) in [5, 5.41) is 6.74. The highest BCUT2D eigenvalue weighted by molar-refractivity contribution is 5.96. The first-order valence-corrected chi connectivity index (χ1v) is 5.61. The fourth-order valence-electron chi connectivity index (χ4n) is 1.51. The van der Waals surface area contributed by atoms with Gasteiger partial charge >= 0.3 is 0 Å². The highest BCUT2D eigenvalue weighted by atomic mass is 16.5. The van der Waals surface area contributed by atoms with E-state index >= 15 is 0 Å². The van der Waals surface area contributed by atoms with Gasteiger partial charge in [0.25, 0.3) is 5.91 Å². The fourth-order valence-corrected chi connectivity index (χ4v) is 1.51. The molecule has 1 aromatic rings. The van der Waals surface area contributed by atoms with Gasteiger partial charge in [-0.3, -0.25) is 4.79 Å². The highest BCUT2D eigenvalue weighted by Crippen LogP contribution is 2.26. The number of amides is 1. The maximum Gasteiger partial charge on any atom is 0.256 e. The molecule has 96 valence electrons. The summed E-state index contributed by atoms with van der Waals surface area (Å²) in [5.41, 5.74) is 1.00. The minimum absolute atomic E-state index is 0.161. The maximum absolute atomic E-state index is 12.0. The standard InChI is InChI=1S/C12H20N2O3/c1-8-9(11(15)13-6-7-16-5)10(14-17-8)12(2,3)4/h6-7H2,1-5H3,(H,13,15). The van der Waals surface area contributed by atoms with Gasteiger partial charge in [0.05, 0.1) is 6.61 Å². The first kappa shape index (κ1) is 13.7. The lowest BCUT2D eigenvalue weighted by Gasteiger charge is -2.16. The second-order valence-electron chi connectivity index (χ2n) is 4.96. The van der Waals surface area contributed by atoms with Crippen LogP contribution in [0.25, 0.3) is 0 Å². The lowest BCUT2D eigenvalue weighted by atomic mass is 9.88. The molecule has 0 bridgehead atoms. The Morgan fingerprint density at radius 2 is 2.12 bits per heavy atom. The van der Waals surface area contributed by atoms with Gasteiger partial charge in [0.2, 0.25) is 0 Å². The zero-order valence-corrected chi connectivity index (χ0v) is 11.1. The summed E-state index contributed by atoms with van der Waals surface area (Å²) in [6.07, 6.45) is 0. The van der Waals surface area contributed by atoms with Crippen LogP contribution in [0, 0.1) is 6.92 Å². The van der Waals surface area contributed by atoms with Gasteiger partial charge in [-0.15, -0.1) is 0 Å². The molecule has 1 aromatic heterocycles. The Balaban J connectivity index is 2.89. The molecule has 5 nitrogen and oxygen atoms in total. The number of hydrogen-bond acceptors (Lipinski definition) is 4. The number of nitrogens with one attached hydrogen (secondary N) is 1. The van der Waals surface area contributed by atoms with E-state index < -0.39 is 0 Å². The van der Waals surface area contributed by atoms with Crippen molar-refractivity contribution in [2.75, 3.05) is 20.3 Å². The minimum Gasteiger partial charge on any atom is -0.383 e. The Hall–Kier alpha value is -1.36. The number of ether oxygens (including phenoxy) is 1. The molecule has 0 spiro atoms. The Morgan fingerprint density at radius 3 is 2.65 bits per heavy atom. The monoisotopic (exact) mass is 240 g/mol. The van der Waals surface area contributed by atoms with E-state index in [2.05, 4.69) is 10.5 Å². The van der Waals surface area contributed by atoms with Crippen LogP contribution in [-0.2, 0) is 10.2 Å². The number of rotatable bonds is 4. The van der Waals surface area contributed by atoms with Gasteiger partial charge in [0.15, 0.2) is 0 Å². The quantitative estimate of drug-likeness (QED) is 0.813. The molecule has 0 fully saturated rings. The largest absolute Gasteiger partial charge is 0.383 e. The molecule has 1 amide bonds. The van der Waals surface area contributed by atoms with Gasteiger partial charge in [-0.2, -0.15) is 0 Å². The Bertz CT molecular complexity index is 391. The van der Waals surface area contributed by atoms with Crippen LogP contribution >= 0.6 is 0 Å². The molecule has 0 aliphatic carbocycles. The number of carbonyl (C=O) groups is 1. The lowest BCUT2D eigenvalue weighted by molar-refractivity contribution is 0.0933. The van der Waals surface area contributed by atoms with Crippen LogP contribution in [0.2, 0.25) is 0 Å². The van der Waals surface area contributed by atoms with Crippen LogP contribution < -0.4 is 5.32 Å². The number of aromatic nitrogens is 1. The Labute approximate surface area is 102 Å². The van der Waals surface area contributed by atoms with Crippen molar-refractivity contribution in [1.29, 1.82) is 0 Å². The van der Waals surface area contributed by atoms with Crippen LogP contribution in [0.5, 0.6) is 0 Å². The molecule has 5 heteroatoms. The molecule has 0 aliphatic rings. The molecule has 0 aromatic carbocycles. The molecule has 17 heavy (non-hydrogen) atoms. The summed E-state index contributed by atoms with van der Waals surface area (Å²) in [6, 6.07) is 0. The van der Waals surface area contributed by atoms with E-state index in [-0.39, 0.29) is 11.3 Å². The van der Waals surface area contributed by atoms with E-state index in [1.54, 1.807) is 14.0 Å². The van der Waals surface area contributed by atoms with Gasteiger partial charge in [-0.25, -0.2) is 0 Å². The lowest BCUT2D eigenvalue weighted by Crippen LogP contribution is -2.29. The summed E-state index contributed by atoms with van der Waals surface area (Å²) in [6.45, 7) is 8.70. The van der Waals surface area contributed by atoms with Crippen molar-refractivity contribution < 1.29 is 14.1 Å². The van der Waals surface area contributed by atoms with Gasteiger partial charge < -0.3 is 14.6 Å². The Kier molecular flexibility index (Phi) is 4.28. The van der Waals surface area contributed by atoms with Crippen molar-refractivity contribution in [3.05, 3.63) is 17.0 Å². The van der Waals surface area contributed by atoms with Crippen molar-refractivity contribution in [2.24, 2.45) is 0 Å². The molecule has 0 atom stereocenters. The van der Waals surface area contributed by atoms with E-state index in [0.29, 0.717) is 30.2 Å². The number of aryl methyl sites for hydroxylation is 1. The SMILES string of the molecule is COCCNC(=O)c1c(C(C)(C)C)noc1C. The summed E-state index contributed by atoms with van der Waals surface area (Å²) in [5.74, 6) is 0.385. The van der Waals surface area contributed by atoms with E-state index in [9.17, 15) is 4.79 Å². The summed E-state index contributed by atoms with van der Waals surface area (Å²) in [7, 11) is 1.59. The zero-order chi connectivity index (χ0) is 13.1. The smallest absolute Gasteiger partial charge is 0.256 e. The van der Waals surface area contributed by atoms with Gasteiger partial charge in [-0.05, 0) is 6.92 Å². The van der Waals surface area contributed by atoms with Crippen LogP contribution in [0.3, 0.4) is 0 Å². The number of methoxy groups -OCH3 is 1. The van der Waals surface area contributed by atoms with E-state index in [0.717, 1.165) is 0 Å². The fraction of sp³-hybridized carbons (Fsp3) is 0.667. The van der Waals surface area contributed by atoms with Crippen LogP contribution in [0.15, 0.2) is 4.52 Å². The normalized spacial score (nSPS) is 11.6. The molecular weight excluding hydrogens is 220 g/mol. The average Bonchev–Trinajstić information content (AvgIpc) is 2.60. The molecule has 0 aliphatic heterocycles. The predicted molar refractivity (Wildman–Crippen MR) is 64.1 cm³/mol. The topological polar surface area (TPSA) is 64.4 Å². The highest BCUT2D eigenvalue weighted by Gasteiger charge is 2.28. The molecule has 1 rings (SSSR count). The summed E-state index contributed by atoms with van der Waals surface area (Å²) < 4.78 is 9.99. The number of carbonyl (C=O) groups excluding carboxylic acids is 1. The van der Waals surface area contributed by atoms with Gasteiger partial charge in [0, 0.05) is 19.1 Å². The molecular formula is C12H20N2O3. The van der Waals surface area contributed by atoms with E-state index in [4.69, 9.17) is 9.26 Å². The second kappa shape index (κ2) is 5.31. The van der Waals surface area contributed by atoms with E-state index in [1.807, 2.05) is 20.8 Å². The van der Waals surface area contributed by atoms with Crippen LogP contribution in [0.1, 0.15) is 42.6 Å². The Morgan fingerprint density at radius 1 is 1.47 bits per heavy atom. The molecule has 0 unspecified atom stereocenters. The van der Waals surface area contributed by atoms with Crippen molar-refractivity contribution in [2.45, 2.75) is 33.1 Å². The molecule has 0 saturated carbocycles. The van der Waals surface area contributed by atoms with E-state index in [1.165, 1.54) is 0 Å². The summed E-state index contributed by atoms with van der Waals surface area (Å²) in [4.78, 5) is 12.0. The van der Waals surface area contributed by atoms with Crippen molar-refractivity contribution in [3.8, 4) is 0 Å². The maximum atomic E-state index is 12.0. The first-order valence-electron chi connectivity index (χ1n) is 5.61. The molecule has 1 N–H and O–H groups in total. The first-order chi connectivity index (χ1) is 7.88. The molecule has 0 radical (unpaired) electrons. The minimum atomic E-state index is -0.217. The summed E-state index contributed by atoms with van der Waals surface area (Å²) >= 11 is 0. The van der Waals surface area contributed by atoms with Gasteiger partial charge in [0.1, 0.15) is 17.0 Å². The molecule has 1 heterocycles. The third kappa shape index (κ3) is 3.30. The molecule has 0 saturated heterocycles. The van der Waals surface area contributed by atoms with Crippen molar-refractivity contribution in [3.63, 3.8) is 0 Å². The van der Waals surface area contributed by atoms with Crippen molar-refractivity contribution in [1.82, 2.24) is 10.5 Å². The van der Waals surface area contributed by atoms with Gasteiger partial charge in [-0.1, -0.05) is 25.9 Å². The third-order valence-corrected chi connectivity index (χ3v) is 2.39. The number of nitrogens with zero attached hydrogens (tertiary/aromatic N) is 1. The second-order valence-corrected chi connectivity index (χ2v) is 4.96. The average molecular weight is 240 g/mol. The van der Waals surface area contributed by atoms with Crippen LogP contribution in [-0.4, -0.2) is 31.3 Å². The zero-order valence-electron chi connectivity index (χ0n) is 11.1. The van der Waals surface area contributed by atoms with Crippen LogP contribution in [0.4, 0.5) is 0 Å². The predicted octanol–water partition coefficient (Wildman–Crippen LogP) is 1.66.